The summed E-state index contributed by atoms with van der Waals surface area (Å²) >= 11 is 0. The van der Waals surface area contributed by atoms with E-state index in [2.05, 4.69) is 10.3 Å². The first kappa shape index (κ1) is 14.7. The fourth-order valence-electron chi connectivity index (χ4n) is 2.32. The fraction of sp³-hybridized carbons (Fsp3) is 0.571. The van der Waals surface area contributed by atoms with Gasteiger partial charge in [0.15, 0.2) is 6.10 Å². The number of hydrogen-bond acceptors (Lipinski definition) is 3. The van der Waals surface area contributed by atoms with Crippen LogP contribution in [0.15, 0.2) is 22.5 Å². The summed E-state index contributed by atoms with van der Waals surface area (Å²) in [6, 6.07) is 3.56. The van der Waals surface area contributed by atoms with Crippen molar-refractivity contribution in [3.8, 4) is 5.75 Å². The molecule has 0 aromatic heterocycles. The maximum atomic E-state index is 14.5. The van der Waals surface area contributed by atoms with E-state index in [-0.39, 0.29) is 12.1 Å². The SMILES string of the molecule is CCc1ccc(C)c2c1OC(CN=NN(C)C)C2(F)F. The monoisotopic (exact) mass is 283 g/mol. The van der Waals surface area contributed by atoms with Gasteiger partial charge < -0.3 is 4.74 Å². The van der Waals surface area contributed by atoms with Crippen LogP contribution in [-0.4, -0.2) is 31.8 Å². The summed E-state index contributed by atoms with van der Waals surface area (Å²) < 4.78 is 34.4. The number of aryl methyl sites for hydroxylation is 2. The highest BCUT2D eigenvalue weighted by Crippen LogP contribution is 2.49. The molecule has 1 aromatic carbocycles. The third-order valence-electron chi connectivity index (χ3n) is 3.32. The molecular weight excluding hydrogens is 264 g/mol. The second-order valence-corrected chi connectivity index (χ2v) is 5.09. The molecule has 1 unspecified atom stereocenters. The smallest absolute Gasteiger partial charge is 0.314 e. The van der Waals surface area contributed by atoms with Crippen LogP contribution in [-0.2, 0) is 12.3 Å². The molecule has 1 aliphatic heterocycles. The highest BCUT2D eigenvalue weighted by atomic mass is 19.3. The summed E-state index contributed by atoms with van der Waals surface area (Å²) in [4.78, 5) is 0. The molecular formula is C14H19F2N3O. The minimum absolute atomic E-state index is 0.00176. The lowest BCUT2D eigenvalue weighted by Gasteiger charge is -2.16. The van der Waals surface area contributed by atoms with Crippen LogP contribution in [0.4, 0.5) is 8.78 Å². The minimum Gasteiger partial charge on any atom is -0.481 e. The molecule has 110 valence electrons. The van der Waals surface area contributed by atoms with Crippen molar-refractivity contribution < 1.29 is 13.5 Å². The fourth-order valence-corrected chi connectivity index (χ4v) is 2.32. The molecule has 4 nitrogen and oxygen atoms in total. The van der Waals surface area contributed by atoms with Gasteiger partial charge in [-0.1, -0.05) is 24.3 Å². The van der Waals surface area contributed by atoms with E-state index in [0.717, 1.165) is 5.56 Å². The molecule has 0 fully saturated rings. The maximum absolute atomic E-state index is 14.5. The molecule has 2 rings (SSSR count). The van der Waals surface area contributed by atoms with Gasteiger partial charge in [0.1, 0.15) is 12.3 Å². The molecule has 0 bridgehead atoms. The van der Waals surface area contributed by atoms with Gasteiger partial charge in [0.25, 0.3) is 0 Å². The summed E-state index contributed by atoms with van der Waals surface area (Å²) in [5, 5.41) is 8.95. The Bertz CT molecular complexity index is 529. The van der Waals surface area contributed by atoms with Gasteiger partial charge in [-0.15, -0.1) is 0 Å². The number of alkyl halides is 2. The normalized spacial score (nSPS) is 20.0. The van der Waals surface area contributed by atoms with Crippen molar-refractivity contribution in [3.63, 3.8) is 0 Å². The summed E-state index contributed by atoms with van der Waals surface area (Å²) in [5.41, 5.74) is 1.36. The molecule has 1 atom stereocenters. The lowest BCUT2D eigenvalue weighted by atomic mass is 9.97. The molecule has 1 aromatic rings. The Labute approximate surface area is 117 Å². The van der Waals surface area contributed by atoms with E-state index in [1.807, 2.05) is 13.0 Å². The van der Waals surface area contributed by atoms with Gasteiger partial charge in [-0.25, -0.2) is 0 Å². The minimum atomic E-state index is -3.03. The summed E-state index contributed by atoms with van der Waals surface area (Å²) in [6.45, 7) is 3.44. The van der Waals surface area contributed by atoms with Gasteiger partial charge in [0.05, 0.1) is 5.56 Å². The van der Waals surface area contributed by atoms with Crippen molar-refractivity contribution in [1.82, 2.24) is 5.01 Å². The highest BCUT2D eigenvalue weighted by Gasteiger charge is 2.52. The van der Waals surface area contributed by atoms with Crippen LogP contribution >= 0.6 is 0 Å². The summed E-state index contributed by atoms with van der Waals surface area (Å²) in [7, 11) is 3.37. The standard InChI is InChI=1S/C14H19F2N3O/c1-5-10-7-6-9(2)12-13(10)20-11(14(12,15)16)8-17-18-19(3)4/h6-7,11H,5,8H2,1-4H3. The zero-order valence-corrected chi connectivity index (χ0v) is 12.2. The average molecular weight is 283 g/mol. The van der Waals surface area contributed by atoms with Crippen LogP contribution in [0.3, 0.4) is 0 Å². The Hall–Kier alpha value is -1.72. The van der Waals surface area contributed by atoms with Crippen LogP contribution in [0.2, 0.25) is 0 Å². The maximum Gasteiger partial charge on any atom is 0.314 e. The lowest BCUT2D eigenvalue weighted by molar-refractivity contribution is -0.0724. The molecule has 1 heterocycles. The first-order valence-electron chi connectivity index (χ1n) is 6.60. The Kier molecular flexibility index (Phi) is 3.92. The molecule has 20 heavy (non-hydrogen) atoms. The molecule has 0 aliphatic carbocycles. The first-order chi connectivity index (χ1) is 9.37. The van der Waals surface area contributed by atoms with Gasteiger partial charge in [-0.05, 0) is 24.5 Å². The summed E-state index contributed by atoms with van der Waals surface area (Å²) in [6.07, 6.45) is -0.627. The number of hydrogen-bond donors (Lipinski definition) is 0. The molecule has 1 aliphatic rings. The van der Waals surface area contributed by atoms with Crippen LogP contribution in [0.5, 0.6) is 5.75 Å². The van der Waals surface area contributed by atoms with E-state index in [4.69, 9.17) is 4.74 Å². The van der Waals surface area contributed by atoms with Crippen molar-refractivity contribution >= 4 is 0 Å². The van der Waals surface area contributed by atoms with Gasteiger partial charge >= 0.3 is 5.92 Å². The largest absolute Gasteiger partial charge is 0.481 e. The Morgan fingerprint density at radius 3 is 2.65 bits per heavy atom. The highest BCUT2D eigenvalue weighted by molar-refractivity contribution is 5.52. The molecule has 0 saturated heterocycles. The predicted molar refractivity (Wildman–Crippen MR) is 72.3 cm³/mol. The van der Waals surface area contributed by atoms with Gasteiger partial charge in [0.2, 0.25) is 0 Å². The zero-order chi connectivity index (χ0) is 14.9. The quantitative estimate of drug-likeness (QED) is 0.628. The third kappa shape index (κ3) is 2.46. The molecule has 0 saturated carbocycles. The van der Waals surface area contributed by atoms with Crippen molar-refractivity contribution in [1.29, 1.82) is 0 Å². The van der Waals surface area contributed by atoms with Crippen LogP contribution in [0, 0.1) is 6.92 Å². The van der Waals surface area contributed by atoms with Crippen molar-refractivity contribution in [2.75, 3.05) is 20.6 Å². The van der Waals surface area contributed by atoms with E-state index in [1.165, 1.54) is 5.01 Å². The zero-order valence-electron chi connectivity index (χ0n) is 12.2. The first-order valence-corrected chi connectivity index (χ1v) is 6.60. The van der Waals surface area contributed by atoms with E-state index in [1.54, 1.807) is 27.1 Å². The lowest BCUT2D eigenvalue weighted by Crippen LogP contribution is -2.32. The Balaban J connectivity index is 2.32. The van der Waals surface area contributed by atoms with E-state index >= 15 is 0 Å². The summed E-state index contributed by atoms with van der Waals surface area (Å²) in [5.74, 6) is -2.71. The van der Waals surface area contributed by atoms with Gasteiger partial charge in [-0.2, -0.15) is 13.9 Å². The van der Waals surface area contributed by atoms with Crippen molar-refractivity contribution in [2.24, 2.45) is 10.3 Å². The van der Waals surface area contributed by atoms with Crippen LogP contribution in [0.1, 0.15) is 23.6 Å². The molecule has 0 radical (unpaired) electrons. The number of ether oxygens (including phenoxy) is 1. The van der Waals surface area contributed by atoms with Crippen LogP contribution in [0.25, 0.3) is 0 Å². The topological polar surface area (TPSA) is 37.2 Å². The molecule has 0 amide bonds. The second kappa shape index (κ2) is 5.34. The Morgan fingerprint density at radius 2 is 2.05 bits per heavy atom. The molecule has 0 N–H and O–H groups in total. The molecule has 0 spiro atoms. The predicted octanol–water partition coefficient (Wildman–Crippen LogP) is 3.34. The van der Waals surface area contributed by atoms with Gasteiger partial charge in [-0.3, -0.25) is 5.01 Å². The van der Waals surface area contributed by atoms with E-state index in [0.29, 0.717) is 17.7 Å². The van der Waals surface area contributed by atoms with E-state index < -0.39 is 12.0 Å². The Morgan fingerprint density at radius 1 is 1.35 bits per heavy atom. The number of rotatable bonds is 4. The second-order valence-electron chi connectivity index (χ2n) is 5.09. The van der Waals surface area contributed by atoms with Crippen molar-refractivity contribution in [2.45, 2.75) is 32.3 Å². The van der Waals surface area contributed by atoms with Crippen molar-refractivity contribution in [3.05, 3.63) is 28.8 Å². The number of fused-ring (bicyclic) bond motifs is 1. The number of nitrogens with zero attached hydrogens (tertiary/aromatic N) is 3. The number of benzene rings is 1. The third-order valence-corrected chi connectivity index (χ3v) is 3.32. The number of halogens is 2. The average Bonchev–Trinajstić information content (AvgIpc) is 2.62. The van der Waals surface area contributed by atoms with Crippen LogP contribution < -0.4 is 4.74 Å². The van der Waals surface area contributed by atoms with Gasteiger partial charge in [0, 0.05) is 14.1 Å². The molecule has 6 heteroatoms. The van der Waals surface area contributed by atoms with E-state index in [9.17, 15) is 8.78 Å².